The van der Waals surface area contributed by atoms with E-state index in [4.69, 9.17) is 5.73 Å². The van der Waals surface area contributed by atoms with Gasteiger partial charge >= 0.3 is 0 Å². The van der Waals surface area contributed by atoms with Crippen LogP contribution >= 0.6 is 11.8 Å². The fraction of sp³-hybridized carbons (Fsp3) is 0.167. The predicted molar refractivity (Wildman–Crippen MR) is 65.2 cm³/mol. The molecular formula is C12H12FN3S. The Kier molecular flexibility index (Phi) is 3.71. The zero-order chi connectivity index (χ0) is 12.3. The molecule has 0 amide bonds. The lowest BCUT2D eigenvalue weighted by molar-refractivity contribution is 0.604. The second kappa shape index (κ2) is 5.25. The van der Waals surface area contributed by atoms with E-state index in [0.717, 1.165) is 10.5 Å². The quantitative estimate of drug-likeness (QED) is 0.849. The van der Waals surface area contributed by atoms with Gasteiger partial charge in [0.1, 0.15) is 5.82 Å². The Hall–Kier alpha value is -1.46. The number of aromatic nitrogens is 2. The third kappa shape index (κ3) is 2.81. The molecule has 0 bridgehead atoms. The van der Waals surface area contributed by atoms with E-state index in [9.17, 15) is 4.39 Å². The van der Waals surface area contributed by atoms with Gasteiger partial charge in [-0.15, -0.1) is 0 Å². The highest BCUT2D eigenvalue weighted by atomic mass is 32.2. The van der Waals surface area contributed by atoms with Crippen LogP contribution in [0.5, 0.6) is 0 Å². The van der Waals surface area contributed by atoms with Crippen LogP contribution in [-0.2, 0) is 6.54 Å². The summed E-state index contributed by atoms with van der Waals surface area (Å²) in [5.41, 5.74) is 7.03. The van der Waals surface area contributed by atoms with Gasteiger partial charge in [-0.3, -0.25) is 0 Å². The van der Waals surface area contributed by atoms with Crippen molar-refractivity contribution in [2.45, 2.75) is 23.5 Å². The Morgan fingerprint density at radius 2 is 2.00 bits per heavy atom. The molecule has 3 nitrogen and oxygen atoms in total. The van der Waals surface area contributed by atoms with Crippen molar-refractivity contribution in [2.75, 3.05) is 0 Å². The molecule has 1 heterocycles. The smallest absolute Gasteiger partial charge is 0.192 e. The lowest BCUT2D eigenvalue weighted by Crippen LogP contribution is -2.02. The first-order valence-electron chi connectivity index (χ1n) is 5.14. The van der Waals surface area contributed by atoms with Crippen molar-refractivity contribution in [3.63, 3.8) is 0 Å². The van der Waals surface area contributed by atoms with Crippen LogP contribution in [0.15, 0.2) is 40.6 Å². The first kappa shape index (κ1) is 12.0. The normalized spacial score (nSPS) is 10.5. The van der Waals surface area contributed by atoms with Crippen LogP contribution < -0.4 is 5.73 Å². The van der Waals surface area contributed by atoms with Crippen molar-refractivity contribution in [3.05, 3.63) is 47.5 Å². The molecular weight excluding hydrogens is 237 g/mol. The standard InChI is InChI=1S/C12H12FN3S/c1-8-6-15-12(16-7-8)17-11-4-2-3-10(13)9(11)5-14/h2-4,6-7H,5,14H2,1H3. The number of hydrogen-bond acceptors (Lipinski definition) is 4. The molecule has 2 aromatic rings. The minimum Gasteiger partial charge on any atom is -0.326 e. The van der Waals surface area contributed by atoms with Gasteiger partial charge in [-0.05, 0) is 36.4 Å². The summed E-state index contributed by atoms with van der Waals surface area (Å²) < 4.78 is 13.5. The van der Waals surface area contributed by atoms with E-state index in [0.29, 0.717) is 10.7 Å². The van der Waals surface area contributed by atoms with Gasteiger partial charge in [0.2, 0.25) is 0 Å². The van der Waals surface area contributed by atoms with Crippen molar-refractivity contribution in [2.24, 2.45) is 5.73 Å². The second-order valence-corrected chi connectivity index (χ2v) is 4.57. The highest BCUT2D eigenvalue weighted by Crippen LogP contribution is 2.28. The molecule has 0 radical (unpaired) electrons. The average molecular weight is 249 g/mol. The van der Waals surface area contributed by atoms with E-state index in [1.54, 1.807) is 18.5 Å². The molecule has 0 saturated heterocycles. The molecule has 0 aliphatic heterocycles. The number of aryl methyl sites for hydroxylation is 1. The molecule has 0 spiro atoms. The van der Waals surface area contributed by atoms with E-state index in [1.807, 2.05) is 13.0 Å². The van der Waals surface area contributed by atoms with Crippen LogP contribution in [0.4, 0.5) is 4.39 Å². The zero-order valence-electron chi connectivity index (χ0n) is 9.35. The molecule has 0 aliphatic rings. The van der Waals surface area contributed by atoms with E-state index in [2.05, 4.69) is 9.97 Å². The molecule has 0 saturated carbocycles. The summed E-state index contributed by atoms with van der Waals surface area (Å²) in [7, 11) is 0. The molecule has 88 valence electrons. The van der Waals surface area contributed by atoms with Crippen LogP contribution in [-0.4, -0.2) is 9.97 Å². The van der Waals surface area contributed by atoms with Crippen molar-refractivity contribution < 1.29 is 4.39 Å². The molecule has 0 fully saturated rings. The van der Waals surface area contributed by atoms with Crippen molar-refractivity contribution in [3.8, 4) is 0 Å². The van der Waals surface area contributed by atoms with Gasteiger partial charge in [0, 0.05) is 29.4 Å². The molecule has 1 aromatic carbocycles. The Bertz CT molecular complexity index is 514. The molecule has 0 atom stereocenters. The number of nitrogens with zero attached hydrogens (tertiary/aromatic N) is 2. The zero-order valence-corrected chi connectivity index (χ0v) is 10.2. The lowest BCUT2D eigenvalue weighted by Gasteiger charge is -2.07. The van der Waals surface area contributed by atoms with E-state index >= 15 is 0 Å². The predicted octanol–water partition coefficient (Wildman–Crippen LogP) is 2.53. The Morgan fingerprint density at radius 1 is 1.29 bits per heavy atom. The maximum absolute atomic E-state index is 13.5. The fourth-order valence-electron chi connectivity index (χ4n) is 1.36. The molecule has 1 aromatic heterocycles. The Labute approximate surface area is 103 Å². The number of rotatable bonds is 3. The van der Waals surface area contributed by atoms with Crippen LogP contribution in [0.1, 0.15) is 11.1 Å². The highest BCUT2D eigenvalue weighted by Gasteiger charge is 2.09. The summed E-state index contributed by atoms with van der Waals surface area (Å²) in [6.45, 7) is 2.09. The molecule has 2 rings (SSSR count). The first-order valence-corrected chi connectivity index (χ1v) is 5.96. The van der Waals surface area contributed by atoms with Crippen molar-refractivity contribution in [1.82, 2.24) is 9.97 Å². The third-order valence-electron chi connectivity index (χ3n) is 2.24. The molecule has 0 aliphatic carbocycles. The summed E-state index contributed by atoms with van der Waals surface area (Å²) in [6.07, 6.45) is 3.47. The van der Waals surface area contributed by atoms with Gasteiger partial charge in [-0.1, -0.05) is 6.07 Å². The van der Waals surface area contributed by atoms with E-state index < -0.39 is 0 Å². The van der Waals surface area contributed by atoms with Gasteiger partial charge in [-0.2, -0.15) is 0 Å². The van der Waals surface area contributed by atoms with Gasteiger partial charge in [0.05, 0.1) is 0 Å². The lowest BCUT2D eigenvalue weighted by atomic mass is 10.2. The second-order valence-electron chi connectivity index (χ2n) is 3.57. The van der Waals surface area contributed by atoms with Crippen LogP contribution in [0.25, 0.3) is 0 Å². The number of nitrogens with two attached hydrogens (primary N) is 1. The summed E-state index contributed by atoms with van der Waals surface area (Å²) in [6, 6.07) is 4.88. The van der Waals surface area contributed by atoms with Crippen LogP contribution in [0, 0.1) is 12.7 Å². The molecule has 17 heavy (non-hydrogen) atoms. The van der Waals surface area contributed by atoms with Crippen LogP contribution in [0.2, 0.25) is 0 Å². The molecule has 2 N–H and O–H groups in total. The fourth-order valence-corrected chi connectivity index (χ4v) is 2.22. The number of benzene rings is 1. The maximum atomic E-state index is 13.5. The number of halogens is 1. The van der Waals surface area contributed by atoms with Crippen molar-refractivity contribution >= 4 is 11.8 Å². The summed E-state index contributed by atoms with van der Waals surface area (Å²) in [5.74, 6) is -0.287. The van der Waals surface area contributed by atoms with Gasteiger partial charge in [0.25, 0.3) is 0 Å². The molecule has 0 unspecified atom stereocenters. The van der Waals surface area contributed by atoms with Crippen LogP contribution in [0.3, 0.4) is 0 Å². The molecule has 5 heteroatoms. The monoisotopic (exact) mass is 249 g/mol. The minimum absolute atomic E-state index is 0.168. The summed E-state index contributed by atoms with van der Waals surface area (Å²) >= 11 is 1.32. The minimum atomic E-state index is -0.287. The van der Waals surface area contributed by atoms with E-state index in [-0.39, 0.29) is 12.4 Å². The Morgan fingerprint density at radius 3 is 2.65 bits per heavy atom. The first-order chi connectivity index (χ1) is 8.20. The summed E-state index contributed by atoms with van der Waals surface area (Å²) in [4.78, 5) is 9.09. The number of hydrogen-bond donors (Lipinski definition) is 1. The maximum Gasteiger partial charge on any atom is 0.192 e. The highest BCUT2D eigenvalue weighted by molar-refractivity contribution is 7.99. The van der Waals surface area contributed by atoms with Gasteiger partial charge in [-0.25, -0.2) is 14.4 Å². The topological polar surface area (TPSA) is 51.8 Å². The Balaban J connectivity index is 2.29. The SMILES string of the molecule is Cc1cnc(Sc2cccc(F)c2CN)nc1. The van der Waals surface area contributed by atoms with E-state index in [1.165, 1.54) is 17.8 Å². The van der Waals surface area contributed by atoms with Gasteiger partial charge in [0.15, 0.2) is 5.16 Å². The largest absolute Gasteiger partial charge is 0.326 e. The summed E-state index contributed by atoms with van der Waals surface area (Å²) in [5, 5.41) is 0.593. The average Bonchev–Trinajstić information content (AvgIpc) is 2.32. The van der Waals surface area contributed by atoms with Gasteiger partial charge < -0.3 is 5.73 Å². The van der Waals surface area contributed by atoms with Crippen molar-refractivity contribution in [1.29, 1.82) is 0 Å². The third-order valence-corrected chi connectivity index (χ3v) is 3.23.